The molecular formula is C9H5F2NO. The highest BCUT2D eigenvalue weighted by atomic mass is 19.2. The smallest absolute Gasteiger partial charge is 0.289 e. The molecule has 0 fully saturated rings. The maximum atomic E-state index is 12.9. The van der Waals surface area contributed by atoms with Crippen LogP contribution in [-0.4, -0.2) is 5.16 Å². The van der Waals surface area contributed by atoms with Crippen molar-refractivity contribution >= 4 is 0 Å². The Balaban J connectivity index is 2.53. The minimum absolute atomic E-state index is 0.168. The van der Waals surface area contributed by atoms with Gasteiger partial charge in [-0.2, -0.15) is 8.78 Å². The third kappa shape index (κ3) is 1.30. The highest BCUT2D eigenvalue weighted by Crippen LogP contribution is 2.23. The van der Waals surface area contributed by atoms with Crippen LogP contribution in [0.1, 0.15) is 0 Å². The zero-order chi connectivity index (χ0) is 9.26. The second-order valence-corrected chi connectivity index (χ2v) is 2.48. The van der Waals surface area contributed by atoms with Crippen LogP contribution in [-0.2, 0) is 0 Å². The van der Waals surface area contributed by atoms with Gasteiger partial charge in [-0.3, -0.25) is 0 Å². The van der Waals surface area contributed by atoms with Gasteiger partial charge < -0.3 is 4.52 Å². The summed E-state index contributed by atoms with van der Waals surface area (Å²) >= 11 is 0. The summed E-state index contributed by atoms with van der Waals surface area (Å²) in [4.78, 5) is 0. The molecule has 0 atom stereocenters. The summed E-state index contributed by atoms with van der Waals surface area (Å²) in [6.07, 6.45) is 0. The van der Waals surface area contributed by atoms with Crippen molar-refractivity contribution in [1.29, 1.82) is 0 Å². The van der Waals surface area contributed by atoms with Crippen molar-refractivity contribution < 1.29 is 13.3 Å². The van der Waals surface area contributed by atoms with Crippen molar-refractivity contribution in [2.45, 2.75) is 0 Å². The molecule has 0 aliphatic carbocycles. The van der Waals surface area contributed by atoms with Gasteiger partial charge in [0.2, 0.25) is 11.6 Å². The molecule has 0 amide bonds. The van der Waals surface area contributed by atoms with E-state index in [-0.39, 0.29) is 5.76 Å². The Kier molecular flexibility index (Phi) is 1.81. The van der Waals surface area contributed by atoms with Crippen LogP contribution >= 0.6 is 0 Å². The van der Waals surface area contributed by atoms with Gasteiger partial charge >= 0.3 is 0 Å². The lowest BCUT2D eigenvalue weighted by Gasteiger charge is -1.92. The molecule has 0 spiro atoms. The van der Waals surface area contributed by atoms with Gasteiger partial charge in [-0.15, -0.1) is 0 Å². The first-order chi connectivity index (χ1) is 6.29. The summed E-state index contributed by atoms with van der Waals surface area (Å²) in [5.74, 6) is -2.43. The molecule has 0 unspecified atom stereocenters. The molecule has 0 saturated carbocycles. The number of hydrogen-bond acceptors (Lipinski definition) is 2. The lowest BCUT2D eigenvalue weighted by molar-refractivity contribution is 0.382. The van der Waals surface area contributed by atoms with Crippen molar-refractivity contribution in [2.75, 3.05) is 0 Å². The molecule has 2 rings (SSSR count). The maximum absolute atomic E-state index is 12.9. The van der Waals surface area contributed by atoms with E-state index >= 15 is 0 Å². The minimum Gasteiger partial charge on any atom is -0.350 e. The summed E-state index contributed by atoms with van der Waals surface area (Å²) in [5.41, 5.74) is 0.469. The molecule has 0 radical (unpaired) electrons. The zero-order valence-electron chi connectivity index (χ0n) is 6.50. The second-order valence-electron chi connectivity index (χ2n) is 2.48. The van der Waals surface area contributed by atoms with Crippen LogP contribution in [0.5, 0.6) is 0 Å². The fourth-order valence-electron chi connectivity index (χ4n) is 1.03. The molecule has 0 bridgehead atoms. The van der Waals surface area contributed by atoms with Crippen LogP contribution < -0.4 is 0 Å². The average Bonchev–Trinajstić information content (AvgIpc) is 2.49. The molecule has 2 nitrogen and oxygen atoms in total. The first-order valence-electron chi connectivity index (χ1n) is 3.65. The maximum Gasteiger partial charge on any atom is 0.289 e. The van der Waals surface area contributed by atoms with Crippen molar-refractivity contribution in [3.05, 3.63) is 42.1 Å². The van der Waals surface area contributed by atoms with E-state index in [1.807, 2.05) is 0 Å². The Bertz CT molecular complexity index is 411. The van der Waals surface area contributed by atoms with E-state index in [1.54, 1.807) is 30.3 Å². The van der Waals surface area contributed by atoms with E-state index in [9.17, 15) is 8.78 Å². The normalized spacial score (nSPS) is 10.3. The summed E-state index contributed by atoms with van der Waals surface area (Å²) in [7, 11) is 0. The van der Waals surface area contributed by atoms with Gasteiger partial charge in [0.25, 0.3) is 5.95 Å². The van der Waals surface area contributed by atoms with Crippen molar-refractivity contribution in [2.24, 2.45) is 0 Å². The Morgan fingerprint density at radius 1 is 1.08 bits per heavy atom. The van der Waals surface area contributed by atoms with Gasteiger partial charge in [0, 0.05) is 5.56 Å². The van der Waals surface area contributed by atoms with E-state index in [0.29, 0.717) is 5.56 Å². The standard InChI is InChI=1S/C9H5F2NO/c10-7-8(13-12-9(7)11)6-4-2-1-3-5-6/h1-5H. The van der Waals surface area contributed by atoms with Crippen LogP contribution in [0.15, 0.2) is 34.9 Å². The van der Waals surface area contributed by atoms with Gasteiger partial charge in [0.1, 0.15) is 0 Å². The molecule has 0 saturated heterocycles. The summed E-state index contributed by atoms with van der Waals surface area (Å²) in [5, 5.41) is 2.88. The van der Waals surface area contributed by atoms with E-state index < -0.39 is 11.8 Å². The largest absolute Gasteiger partial charge is 0.350 e. The van der Waals surface area contributed by atoms with Crippen molar-refractivity contribution in [3.63, 3.8) is 0 Å². The molecule has 1 heterocycles. The Morgan fingerprint density at radius 3 is 2.31 bits per heavy atom. The molecule has 66 valence electrons. The molecule has 4 heteroatoms. The molecule has 0 aliphatic heterocycles. The average molecular weight is 181 g/mol. The van der Waals surface area contributed by atoms with Gasteiger partial charge in [-0.1, -0.05) is 30.3 Å². The monoisotopic (exact) mass is 181 g/mol. The van der Waals surface area contributed by atoms with E-state index in [4.69, 9.17) is 0 Å². The highest BCUT2D eigenvalue weighted by molar-refractivity contribution is 5.56. The fourth-order valence-corrected chi connectivity index (χ4v) is 1.03. The van der Waals surface area contributed by atoms with Crippen LogP contribution in [0.4, 0.5) is 8.78 Å². The third-order valence-corrected chi connectivity index (χ3v) is 1.63. The number of benzene rings is 1. The van der Waals surface area contributed by atoms with Crippen LogP contribution in [0.2, 0.25) is 0 Å². The summed E-state index contributed by atoms with van der Waals surface area (Å²) < 4.78 is 29.8. The molecule has 1 aromatic heterocycles. The fraction of sp³-hybridized carbons (Fsp3) is 0. The van der Waals surface area contributed by atoms with Gasteiger partial charge in [-0.25, -0.2) is 0 Å². The number of halogens is 2. The summed E-state index contributed by atoms with van der Waals surface area (Å²) in [6.45, 7) is 0. The number of aromatic nitrogens is 1. The Labute approximate surface area is 72.8 Å². The molecule has 2 aromatic rings. The molecule has 0 aliphatic rings. The molecule has 13 heavy (non-hydrogen) atoms. The predicted octanol–water partition coefficient (Wildman–Crippen LogP) is 2.62. The minimum atomic E-state index is -1.21. The predicted molar refractivity (Wildman–Crippen MR) is 41.9 cm³/mol. The number of nitrogens with zero attached hydrogens (tertiary/aromatic N) is 1. The van der Waals surface area contributed by atoms with Gasteiger partial charge in [-0.05, 0) is 5.16 Å². The van der Waals surface area contributed by atoms with E-state index in [1.165, 1.54) is 0 Å². The second kappa shape index (κ2) is 2.97. The van der Waals surface area contributed by atoms with Crippen molar-refractivity contribution in [1.82, 2.24) is 5.16 Å². The Morgan fingerprint density at radius 2 is 1.77 bits per heavy atom. The first kappa shape index (κ1) is 7.91. The lowest BCUT2D eigenvalue weighted by Crippen LogP contribution is -1.79. The number of hydrogen-bond donors (Lipinski definition) is 0. The van der Waals surface area contributed by atoms with E-state index in [2.05, 4.69) is 9.68 Å². The zero-order valence-corrected chi connectivity index (χ0v) is 6.50. The van der Waals surface area contributed by atoms with Gasteiger partial charge in [0.05, 0.1) is 0 Å². The Hall–Kier alpha value is -1.71. The highest BCUT2D eigenvalue weighted by Gasteiger charge is 2.16. The molecule has 1 aromatic carbocycles. The van der Waals surface area contributed by atoms with Crippen LogP contribution in [0.3, 0.4) is 0 Å². The molecule has 0 N–H and O–H groups in total. The topological polar surface area (TPSA) is 26.0 Å². The van der Waals surface area contributed by atoms with Crippen molar-refractivity contribution in [3.8, 4) is 11.3 Å². The third-order valence-electron chi connectivity index (χ3n) is 1.63. The lowest BCUT2D eigenvalue weighted by atomic mass is 10.2. The quantitative estimate of drug-likeness (QED) is 0.675. The van der Waals surface area contributed by atoms with Gasteiger partial charge in [0.15, 0.2) is 0 Å². The van der Waals surface area contributed by atoms with Crippen LogP contribution in [0.25, 0.3) is 11.3 Å². The SMILES string of the molecule is Fc1noc(-c2ccccc2)c1F. The first-order valence-corrected chi connectivity index (χ1v) is 3.65. The van der Waals surface area contributed by atoms with Crippen LogP contribution in [0, 0.1) is 11.8 Å². The summed E-state index contributed by atoms with van der Waals surface area (Å²) in [6, 6.07) is 8.41. The number of rotatable bonds is 1. The van der Waals surface area contributed by atoms with E-state index in [0.717, 1.165) is 0 Å². The molecular weight excluding hydrogens is 176 g/mol.